The Kier molecular flexibility index (Phi) is 3.44. The average Bonchev–Trinajstić information content (AvgIpc) is 2.17. The number of hydrogen-bond donors (Lipinski definition) is 1. The lowest BCUT2D eigenvalue weighted by Gasteiger charge is -2.11. The van der Waals surface area contributed by atoms with Crippen LogP contribution in [0.5, 0.6) is 0 Å². The van der Waals surface area contributed by atoms with Crippen LogP contribution in [0.1, 0.15) is 30.5 Å². The summed E-state index contributed by atoms with van der Waals surface area (Å²) in [6, 6.07) is 9.42. The second-order valence-electron chi connectivity index (χ2n) is 3.50. The number of rotatable bonds is 3. The highest BCUT2D eigenvalue weighted by molar-refractivity contribution is 5.33. The molecule has 0 spiro atoms. The predicted molar refractivity (Wildman–Crippen MR) is 57.5 cm³/mol. The van der Waals surface area contributed by atoms with Crippen molar-refractivity contribution in [2.75, 3.05) is 0 Å². The fourth-order valence-electron chi connectivity index (χ4n) is 1.30. The molecule has 0 unspecified atom stereocenters. The van der Waals surface area contributed by atoms with Crippen LogP contribution in [0.25, 0.3) is 0 Å². The molecule has 0 aliphatic heterocycles. The summed E-state index contributed by atoms with van der Waals surface area (Å²) in [6.45, 7) is 5.78. The van der Waals surface area contributed by atoms with Crippen molar-refractivity contribution in [1.82, 2.24) is 0 Å². The van der Waals surface area contributed by atoms with Gasteiger partial charge in [0.2, 0.25) is 0 Å². The molecule has 0 saturated heterocycles. The van der Waals surface area contributed by atoms with Gasteiger partial charge in [-0.15, -0.1) is 6.58 Å². The molecule has 2 heteroatoms. The van der Waals surface area contributed by atoms with Gasteiger partial charge in [0.05, 0.1) is 11.6 Å². The van der Waals surface area contributed by atoms with Crippen LogP contribution in [0.4, 0.5) is 0 Å². The number of benzene rings is 1. The Morgan fingerprint density at radius 2 is 2.07 bits per heavy atom. The lowest BCUT2D eigenvalue weighted by atomic mass is 10.0. The Labute approximate surface area is 84.7 Å². The van der Waals surface area contributed by atoms with E-state index in [1.54, 1.807) is 12.1 Å². The quantitative estimate of drug-likeness (QED) is 0.737. The van der Waals surface area contributed by atoms with Crippen LogP contribution < -0.4 is 5.73 Å². The van der Waals surface area contributed by atoms with Crippen molar-refractivity contribution in [3.8, 4) is 6.07 Å². The summed E-state index contributed by atoms with van der Waals surface area (Å²) in [5, 5.41) is 8.62. The minimum absolute atomic E-state index is 0.0137. The molecule has 0 bridgehead atoms. The van der Waals surface area contributed by atoms with E-state index in [4.69, 9.17) is 11.0 Å². The molecule has 0 aromatic heterocycles. The van der Waals surface area contributed by atoms with Gasteiger partial charge in [0, 0.05) is 6.04 Å². The van der Waals surface area contributed by atoms with Crippen molar-refractivity contribution < 1.29 is 0 Å². The highest BCUT2D eigenvalue weighted by Crippen LogP contribution is 2.17. The van der Waals surface area contributed by atoms with Crippen LogP contribution in [0.15, 0.2) is 36.4 Å². The lowest BCUT2D eigenvalue weighted by Crippen LogP contribution is -2.10. The van der Waals surface area contributed by atoms with Gasteiger partial charge >= 0.3 is 0 Å². The van der Waals surface area contributed by atoms with Crippen molar-refractivity contribution in [3.05, 3.63) is 47.5 Å². The third-order valence-electron chi connectivity index (χ3n) is 2.04. The topological polar surface area (TPSA) is 49.8 Å². The average molecular weight is 186 g/mol. The first-order valence-corrected chi connectivity index (χ1v) is 4.53. The normalized spacial score (nSPS) is 11.8. The molecule has 1 aromatic carbocycles. The standard InChI is InChI=1S/C12H14N2/c1-9(2)7-12(14)11-5-3-10(8-13)4-6-11/h3-6,12H,1,7,14H2,2H3/t12-/m1/s1. The molecule has 0 aliphatic carbocycles. The molecule has 0 amide bonds. The second kappa shape index (κ2) is 4.59. The molecule has 0 radical (unpaired) electrons. The third kappa shape index (κ3) is 2.72. The molecule has 1 rings (SSSR count). The summed E-state index contributed by atoms with van der Waals surface area (Å²) in [7, 11) is 0. The Balaban J connectivity index is 2.77. The van der Waals surface area contributed by atoms with E-state index < -0.39 is 0 Å². The van der Waals surface area contributed by atoms with E-state index in [0.717, 1.165) is 17.6 Å². The Hall–Kier alpha value is -1.59. The first kappa shape index (κ1) is 10.5. The van der Waals surface area contributed by atoms with Gasteiger partial charge in [-0.1, -0.05) is 17.7 Å². The third-order valence-corrected chi connectivity index (χ3v) is 2.04. The Morgan fingerprint density at radius 3 is 2.50 bits per heavy atom. The molecule has 0 aliphatic rings. The fraction of sp³-hybridized carbons (Fsp3) is 0.250. The van der Waals surface area contributed by atoms with Gasteiger partial charge in [0.25, 0.3) is 0 Å². The predicted octanol–water partition coefficient (Wildman–Crippen LogP) is 2.52. The maximum Gasteiger partial charge on any atom is 0.0991 e. The van der Waals surface area contributed by atoms with Gasteiger partial charge in [0.1, 0.15) is 0 Å². The summed E-state index contributed by atoms with van der Waals surface area (Å²) in [4.78, 5) is 0. The van der Waals surface area contributed by atoms with Crippen LogP contribution in [0.2, 0.25) is 0 Å². The molecule has 0 heterocycles. The highest BCUT2D eigenvalue weighted by Gasteiger charge is 2.05. The van der Waals surface area contributed by atoms with Crippen molar-refractivity contribution >= 4 is 0 Å². The first-order chi connectivity index (χ1) is 6.63. The zero-order chi connectivity index (χ0) is 10.6. The zero-order valence-corrected chi connectivity index (χ0v) is 8.33. The Morgan fingerprint density at radius 1 is 1.50 bits per heavy atom. The van der Waals surface area contributed by atoms with E-state index in [1.165, 1.54) is 0 Å². The van der Waals surface area contributed by atoms with E-state index in [2.05, 4.69) is 12.6 Å². The molecule has 72 valence electrons. The lowest BCUT2D eigenvalue weighted by molar-refractivity contribution is 0.717. The molecule has 0 saturated carbocycles. The van der Waals surface area contributed by atoms with E-state index in [9.17, 15) is 0 Å². The second-order valence-corrected chi connectivity index (χ2v) is 3.50. The van der Waals surface area contributed by atoms with Crippen molar-refractivity contribution in [1.29, 1.82) is 5.26 Å². The number of hydrogen-bond acceptors (Lipinski definition) is 2. The first-order valence-electron chi connectivity index (χ1n) is 4.53. The Bertz CT molecular complexity index is 357. The fourth-order valence-corrected chi connectivity index (χ4v) is 1.30. The summed E-state index contributed by atoms with van der Waals surface area (Å²) in [6.07, 6.45) is 0.784. The summed E-state index contributed by atoms with van der Waals surface area (Å²) in [5.74, 6) is 0. The van der Waals surface area contributed by atoms with Crippen LogP contribution in [-0.2, 0) is 0 Å². The summed E-state index contributed by atoms with van der Waals surface area (Å²) >= 11 is 0. The van der Waals surface area contributed by atoms with Gasteiger partial charge in [-0.3, -0.25) is 0 Å². The van der Waals surface area contributed by atoms with Crippen LogP contribution in [0.3, 0.4) is 0 Å². The van der Waals surface area contributed by atoms with Gasteiger partial charge in [-0.25, -0.2) is 0 Å². The molecule has 1 atom stereocenters. The number of nitrogens with two attached hydrogens (primary N) is 1. The van der Waals surface area contributed by atoms with Gasteiger partial charge in [-0.05, 0) is 31.0 Å². The minimum Gasteiger partial charge on any atom is -0.324 e. The van der Waals surface area contributed by atoms with E-state index in [-0.39, 0.29) is 6.04 Å². The number of nitrogens with zero attached hydrogens (tertiary/aromatic N) is 1. The van der Waals surface area contributed by atoms with Crippen LogP contribution in [-0.4, -0.2) is 0 Å². The molecule has 2 nitrogen and oxygen atoms in total. The van der Waals surface area contributed by atoms with Gasteiger partial charge < -0.3 is 5.73 Å². The molecule has 0 fully saturated rings. The van der Waals surface area contributed by atoms with E-state index in [0.29, 0.717) is 5.56 Å². The number of nitriles is 1. The van der Waals surface area contributed by atoms with Crippen molar-refractivity contribution in [2.24, 2.45) is 5.73 Å². The van der Waals surface area contributed by atoms with Crippen LogP contribution >= 0.6 is 0 Å². The molecule has 1 aromatic rings. The molecule has 2 N–H and O–H groups in total. The van der Waals surface area contributed by atoms with Crippen molar-refractivity contribution in [3.63, 3.8) is 0 Å². The van der Waals surface area contributed by atoms with Gasteiger partial charge in [-0.2, -0.15) is 5.26 Å². The molecule has 14 heavy (non-hydrogen) atoms. The highest BCUT2D eigenvalue weighted by atomic mass is 14.6. The molecular weight excluding hydrogens is 172 g/mol. The van der Waals surface area contributed by atoms with Gasteiger partial charge in [0.15, 0.2) is 0 Å². The monoisotopic (exact) mass is 186 g/mol. The summed E-state index contributed by atoms with van der Waals surface area (Å²) < 4.78 is 0. The summed E-state index contributed by atoms with van der Waals surface area (Å²) in [5.41, 5.74) is 8.73. The van der Waals surface area contributed by atoms with Crippen LogP contribution in [0, 0.1) is 11.3 Å². The molecular formula is C12H14N2. The maximum atomic E-state index is 8.62. The van der Waals surface area contributed by atoms with Crippen molar-refractivity contribution in [2.45, 2.75) is 19.4 Å². The van der Waals surface area contributed by atoms with E-state index in [1.807, 2.05) is 19.1 Å². The maximum absolute atomic E-state index is 8.62. The SMILES string of the molecule is C=C(C)C[C@@H](N)c1ccc(C#N)cc1. The minimum atomic E-state index is -0.0137. The zero-order valence-electron chi connectivity index (χ0n) is 8.33. The smallest absolute Gasteiger partial charge is 0.0991 e. The largest absolute Gasteiger partial charge is 0.324 e. The van der Waals surface area contributed by atoms with E-state index >= 15 is 0 Å².